The zero-order valence-electron chi connectivity index (χ0n) is 11.0. The van der Waals surface area contributed by atoms with E-state index in [1.54, 1.807) is 13.2 Å². The van der Waals surface area contributed by atoms with Gasteiger partial charge in [-0.05, 0) is 30.2 Å². The van der Waals surface area contributed by atoms with Crippen LogP contribution >= 0.6 is 0 Å². The number of benzene rings is 1. The fraction of sp³-hybridized carbons (Fsp3) is 0.429. The molecule has 1 aromatic rings. The fourth-order valence-electron chi connectivity index (χ4n) is 2.33. The van der Waals surface area contributed by atoms with Gasteiger partial charge in [0.1, 0.15) is 5.75 Å². The average molecular weight is 263 g/mol. The van der Waals surface area contributed by atoms with Crippen LogP contribution in [0, 0.1) is 5.92 Å². The third-order valence-electron chi connectivity index (χ3n) is 3.43. The predicted octanol–water partition coefficient (Wildman–Crippen LogP) is 1.70. The molecule has 1 heterocycles. The zero-order valence-corrected chi connectivity index (χ0v) is 11.0. The Morgan fingerprint density at radius 1 is 1.53 bits per heavy atom. The number of carboxylic acid groups (broad SMARTS) is 1. The van der Waals surface area contributed by atoms with Crippen LogP contribution < -0.4 is 9.64 Å². The van der Waals surface area contributed by atoms with Gasteiger partial charge in [-0.25, -0.2) is 0 Å². The Kier molecular flexibility index (Phi) is 3.74. The number of aliphatic carboxylic acids is 1. The quantitative estimate of drug-likeness (QED) is 0.897. The summed E-state index contributed by atoms with van der Waals surface area (Å²) in [7, 11) is 1.61. The number of hydrogen-bond acceptors (Lipinski definition) is 3. The van der Waals surface area contributed by atoms with E-state index in [0.29, 0.717) is 0 Å². The van der Waals surface area contributed by atoms with Gasteiger partial charge in [-0.15, -0.1) is 0 Å². The van der Waals surface area contributed by atoms with Crippen molar-refractivity contribution in [1.29, 1.82) is 0 Å². The van der Waals surface area contributed by atoms with Gasteiger partial charge in [0, 0.05) is 18.7 Å². The first-order valence-corrected chi connectivity index (χ1v) is 6.27. The molecule has 1 amide bonds. The molecule has 0 bridgehead atoms. The molecule has 0 aliphatic carbocycles. The van der Waals surface area contributed by atoms with E-state index in [1.807, 2.05) is 19.1 Å². The second-order valence-corrected chi connectivity index (χ2v) is 4.59. The molecule has 1 aromatic carbocycles. The molecule has 0 saturated carbocycles. The van der Waals surface area contributed by atoms with Crippen LogP contribution in [0.5, 0.6) is 5.75 Å². The van der Waals surface area contributed by atoms with Crippen LogP contribution in [0.3, 0.4) is 0 Å². The first kappa shape index (κ1) is 13.4. The third-order valence-corrected chi connectivity index (χ3v) is 3.43. The summed E-state index contributed by atoms with van der Waals surface area (Å²) in [6.07, 6.45) is 0.865. The molecule has 19 heavy (non-hydrogen) atoms. The van der Waals surface area contributed by atoms with Crippen molar-refractivity contribution in [2.45, 2.75) is 19.8 Å². The van der Waals surface area contributed by atoms with E-state index < -0.39 is 11.9 Å². The molecule has 0 aromatic heterocycles. The highest BCUT2D eigenvalue weighted by Crippen LogP contribution is 2.29. The van der Waals surface area contributed by atoms with Crippen LogP contribution in [0.4, 0.5) is 5.69 Å². The first-order valence-electron chi connectivity index (χ1n) is 6.27. The van der Waals surface area contributed by atoms with E-state index in [0.717, 1.165) is 23.4 Å². The summed E-state index contributed by atoms with van der Waals surface area (Å²) in [6.45, 7) is 2.25. The van der Waals surface area contributed by atoms with E-state index in [2.05, 4.69) is 0 Å². The van der Waals surface area contributed by atoms with E-state index in [1.165, 1.54) is 4.90 Å². The number of carboxylic acids is 1. The molecule has 102 valence electrons. The van der Waals surface area contributed by atoms with Crippen LogP contribution in [-0.2, 0) is 16.0 Å². The van der Waals surface area contributed by atoms with Gasteiger partial charge in [-0.2, -0.15) is 0 Å². The molecular formula is C14H17NO4. The Morgan fingerprint density at radius 2 is 2.26 bits per heavy atom. The van der Waals surface area contributed by atoms with Crippen molar-refractivity contribution in [2.75, 3.05) is 18.6 Å². The van der Waals surface area contributed by atoms with Gasteiger partial charge >= 0.3 is 5.97 Å². The lowest BCUT2D eigenvalue weighted by Gasteiger charge is -2.18. The third kappa shape index (κ3) is 2.54. The minimum absolute atomic E-state index is 0.0722. The molecule has 5 heteroatoms. The molecule has 1 aliphatic rings. The van der Waals surface area contributed by atoms with Gasteiger partial charge in [0.2, 0.25) is 5.91 Å². The largest absolute Gasteiger partial charge is 0.496 e. The summed E-state index contributed by atoms with van der Waals surface area (Å²) >= 11 is 0. The first-order chi connectivity index (χ1) is 9.06. The second-order valence-electron chi connectivity index (χ2n) is 4.59. The van der Waals surface area contributed by atoms with Gasteiger partial charge in [0.05, 0.1) is 13.0 Å². The number of amides is 1. The maximum absolute atomic E-state index is 11.9. The summed E-state index contributed by atoms with van der Waals surface area (Å²) < 4.78 is 5.24. The standard InChI is InChI=1S/C14H17NO4/c1-3-9-6-11(4-5-12(9)19-2)15-8-10(14(17)18)7-13(15)16/h4-6,10H,3,7-8H2,1-2H3,(H,17,18). The topological polar surface area (TPSA) is 66.8 Å². The summed E-state index contributed by atoms with van der Waals surface area (Å²) in [4.78, 5) is 24.4. The smallest absolute Gasteiger partial charge is 0.308 e. The predicted molar refractivity (Wildman–Crippen MR) is 70.5 cm³/mol. The molecule has 0 radical (unpaired) electrons. The highest BCUT2D eigenvalue weighted by atomic mass is 16.5. The van der Waals surface area contributed by atoms with Crippen molar-refractivity contribution < 1.29 is 19.4 Å². The Hall–Kier alpha value is -2.04. The number of anilines is 1. The Balaban J connectivity index is 2.27. The van der Waals surface area contributed by atoms with Crippen molar-refractivity contribution in [3.05, 3.63) is 23.8 Å². The number of methoxy groups -OCH3 is 1. The molecule has 1 saturated heterocycles. The van der Waals surface area contributed by atoms with Crippen molar-refractivity contribution >= 4 is 17.6 Å². The SMILES string of the molecule is CCc1cc(N2CC(C(=O)O)CC2=O)ccc1OC. The van der Waals surface area contributed by atoms with E-state index in [4.69, 9.17) is 9.84 Å². The van der Waals surface area contributed by atoms with Crippen molar-refractivity contribution in [3.8, 4) is 5.75 Å². The summed E-state index contributed by atoms with van der Waals surface area (Å²) in [5.74, 6) is -0.882. The van der Waals surface area contributed by atoms with E-state index in [9.17, 15) is 9.59 Å². The Labute approximate surface area is 111 Å². The van der Waals surface area contributed by atoms with Crippen molar-refractivity contribution in [3.63, 3.8) is 0 Å². The molecule has 5 nitrogen and oxygen atoms in total. The fourth-order valence-corrected chi connectivity index (χ4v) is 2.33. The number of nitrogens with zero attached hydrogens (tertiary/aromatic N) is 1. The van der Waals surface area contributed by atoms with Crippen LogP contribution in [0.25, 0.3) is 0 Å². The molecular weight excluding hydrogens is 246 g/mol. The monoisotopic (exact) mass is 263 g/mol. The number of carbonyl (C=O) groups is 2. The van der Waals surface area contributed by atoms with Crippen LogP contribution in [0.1, 0.15) is 18.9 Å². The van der Waals surface area contributed by atoms with Gasteiger partial charge in [0.15, 0.2) is 0 Å². The van der Waals surface area contributed by atoms with Gasteiger partial charge in [-0.1, -0.05) is 6.92 Å². The minimum atomic E-state index is -0.917. The van der Waals surface area contributed by atoms with Crippen molar-refractivity contribution in [2.24, 2.45) is 5.92 Å². The molecule has 2 rings (SSSR count). The number of rotatable bonds is 4. The van der Waals surface area contributed by atoms with Gasteiger partial charge < -0.3 is 14.7 Å². The minimum Gasteiger partial charge on any atom is -0.496 e. The lowest BCUT2D eigenvalue weighted by molar-refractivity contribution is -0.141. The summed E-state index contributed by atoms with van der Waals surface area (Å²) in [5.41, 5.74) is 1.75. The summed E-state index contributed by atoms with van der Waals surface area (Å²) in [5, 5.41) is 8.98. The van der Waals surface area contributed by atoms with Crippen LogP contribution in [0.15, 0.2) is 18.2 Å². The molecule has 1 aliphatic heterocycles. The second kappa shape index (κ2) is 5.30. The number of aryl methyl sites for hydroxylation is 1. The molecule has 0 spiro atoms. The van der Waals surface area contributed by atoms with Crippen LogP contribution in [0.2, 0.25) is 0 Å². The maximum Gasteiger partial charge on any atom is 0.308 e. The lowest BCUT2D eigenvalue weighted by Crippen LogP contribution is -2.25. The Bertz CT molecular complexity index is 512. The lowest BCUT2D eigenvalue weighted by atomic mass is 10.1. The zero-order chi connectivity index (χ0) is 14.0. The summed E-state index contributed by atoms with van der Waals surface area (Å²) in [6, 6.07) is 5.50. The number of carbonyl (C=O) groups excluding carboxylic acids is 1. The highest BCUT2D eigenvalue weighted by molar-refractivity contribution is 5.99. The normalized spacial score (nSPS) is 18.7. The molecule has 1 unspecified atom stereocenters. The number of hydrogen-bond donors (Lipinski definition) is 1. The van der Waals surface area contributed by atoms with Crippen molar-refractivity contribution in [1.82, 2.24) is 0 Å². The molecule has 1 N–H and O–H groups in total. The molecule has 1 fully saturated rings. The van der Waals surface area contributed by atoms with Gasteiger partial charge in [-0.3, -0.25) is 9.59 Å². The van der Waals surface area contributed by atoms with E-state index in [-0.39, 0.29) is 18.9 Å². The maximum atomic E-state index is 11.9. The van der Waals surface area contributed by atoms with Gasteiger partial charge in [0.25, 0.3) is 0 Å². The average Bonchev–Trinajstić information content (AvgIpc) is 2.80. The van der Waals surface area contributed by atoms with E-state index >= 15 is 0 Å². The molecule has 1 atom stereocenters. The Morgan fingerprint density at radius 3 is 2.79 bits per heavy atom. The van der Waals surface area contributed by atoms with Crippen LogP contribution in [-0.4, -0.2) is 30.6 Å². The highest BCUT2D eigenvalue weighted by Gasteiger charge is 2.35. The number of ether oxygens (including phenoxy) is 1.